The molecule has 47 heavy (non-hydrogen) atoms. The van der Waals surface area contributed by atoms with Crippen LogP contribution in [0.2, 0.25) is 0 Å². The maximum atomic E-state index is 6.63. The van der Waals surface area contributed by atoms with Crippen LogP contribution in [0.5, 0.6) is 0 Å². The molecule has 0 radical (unpaired) electrons. The largest absolute Gasteiger partial charge is 0.455 e. The van der Waals surface area contributed by atoms with Crippen molar-refractivity contribution in [2.24, 2.45) is 0 Å². The molecule has 0 unspecified atom stereocenters. The first-order chi connectivity index (χ1) is 23.3. The summed E-state index contributed by atoms with van der Waals surface area (Å²) in [5, 5.41) is 9.66. The Morgan fingerprint density at radius 2 is 1.11 bits per heavy atom. The quantitative estimate of drug-likeness (QED) is 0.183. The maximum Gasteiger partial charge on any atom is 0.144 e. The van der Waals surface area contributed by atoms with Gasteiger partial charge in [0.1, 0.15) is 11.2 Å². The van der Waals surface area contributed by atoms with Crippen molar-refractivity contribution in [1.29, 1.82) is 0 Å². The van der Waals surface area contributed by atoms with Crippen molar-refractivity contribution in [1.82, 2.24) is 0 Å². The van der Waals surface area contributed by atoms with Gasteiger partial charge in [-0.15, -0.1) is 11.3 Å². The predicted molar refractivity (Wildman–Crippen MR) is 202 cm³/mol. The molecule has 0 spiro atoms. The fourth-order valence-electron chi connectivity index (χ4n) is 7.34. The monoisotopic (exact) mass is 617 g/mol. The van der Waals surface area contributed by atoms with Gasteiger partial charge in [-0.1, -0.05) is 115 Å². The Bertz CT molecular complexity index is 2750. The van der Waals surface area contributed by atoms with Crippen LogP contribution in [0.4, 0.5) is 17.1 Å². The molecule has 0 saturated heterocycles. The number of thiophene rings is 1. The van der Waals surface area contributed by atoms with E-state index in [4.69, 9.17) is 4.42 Å². The zero-order valence-corrected chi connectivity index (χ0v) is 26.2. The standard InChI is InChI=1S/C44H27NOS/c1-2-16-31(17-3-1)45(32-18-12-15-30(26-32)41-33-19-6-4-13-28(33)25-29-14-5-7-20-34(29)41)38-27-37-35-21-8-10-23-39(35)46-43(37)42-36-22-9-11-24-40(36)47-44(38)42/h1-27H. The zero-order chi connectivity index (χ0) is 30.9. The smallest absolute Gasteiger partial charge is 0.144 e. The molecule has 10 aromatic rings. The van der Waals surface area contributed by atoms with Crippen molar-refractivity contribution >= 4 is 92.1 Å². The molecule has 2 heterocycles. The van der Waals surface area contributed by atoms with Gasteiger partial charge in [0.25, 0.3) is 0 Å². The topological polar surface area (TPSA) is 16.4 Å². The molecule has 0 bridgehead atoms. The lowest BCUT2D eigenvalue weighted by molar-refractivity contribution is 0.673. The number of hydrogen-bond donors (Lipinski definition) is 0. The van der Waals surface area contributed by atoms with Crippen LogP contribution in [0.15, 0.2) is 168 Å². The Morgan fingerprint density at radius 3 is 1.89 bits per heavy atom. The van der Waals surface area contributed by atoms with Crippen molar-refractivity contribution in [3.05, 3.63) is 164 Å². The average molecular weight is 618 g/mol. The van der Waals surface area contributed by atoms with E-state index in [0.29, 0.717) is 0 Å². The van der Waals surface area contributed by atoms with Crippen molar-refractivity contribution < 1.29 is 4.42 Å². The van der Waals surface area contributed by atoms with Gasteiger partial charge in [-0.2, -0.15) is 0 Å². The summed E-state index contributed by atoms with van der Waals surface area (Å²) in [6.45, 7) is 0. The predicted octanol–water partition coefficient (Wildman–Crippen LogP) is 13.4. The fourth-order valence-corrected chi connectivity index (χ4v) is 8.55. The van der Waals surface area contributed by atoms with Crippen LogP contribution in [0.25, 0.3) is 74.8 Å². The van der Waals surface area contributed by atoms with Gasteiger partial charge in [-0.3, -0.25) is 0 Å². The zero-order valence-electron chi connectivity index (χ0n) is 25.4. The third-order valence-electron chi connectivity index (χ3n) is 9.39. The van der Waals surface area contributed by atoms with Gasteiger partial charge in [-0.25, -0.2) is 0 Å². The van der Waals surface area contributed by atoms with Crippen LogP contribution < -0.4 is 4.90 Å². The van der Waals surface area contributed by atoms with E-state index >= 15 is 0 Å². The van der Waals surface area contributed by atoms with Gasteiger partial charge in [0.05, 0.1) is 10.4 Å². The molecule has 220 valence electrons. The molecule has 0 aliphatic carbocycles. The number of benzene rings is 8. The highest BCUT2D eigenvalue weighted by molar-refractivity contribution is 7.26. The lowest BCUT2D eigenvalue weighted by Gasteiger charge is -2.27. The van der Waals surface area contributed by atoms with Crippen LogP contribution in [0.1, 0.15) is 0 Å². The van der Waals surface area contributed by atoms with Crippen molar-refractivity contribution in [2.75, 3.05) is 4.90 Å². The van der Waals surface area contributed by atoms with Gasteiger partial charge in [0, 0.05) is 37.6 Å². The Kier molecular flexibility index (Phi) is 5.78. The summed E-state index contributed by atoms with van der Waals surface area (Å²) in [5.41, 5.74) is 7.68. The molecule has 3 heteroatoms. The molecule has 0 N–H and O–H groups in total. The van der Waals surface area contributed by atoms with Gasteiger partial charge in [-0.05, 0) is 81.2 Å². The molecule has 10 rings (SSSR count). The molecular formula is C44H27NOS. The molecular weight excluding hydrogens is 591 g/mol. The second-order valence-electron chi connectivity index (χ2n) is 12.1. The number of rotatable bonds is 4. The van der Waals surface area contributed by atoms with Gasteiger partial charge >= 0.3 is 0 Å². The summed E-state index contributed by atoms with van der Waals surface area (Å²) in [7, 11) is 0. The van der Waals surface area contributed by atoms with Gasteiger partial charge in [0.2, 0.25) is 0 Å². The molecule has 2 aromatic heterocycles. The van der Waals surface area contributed by atoms with Crippen LogP contribution in [0, 0.1) is 0 Å². The number of furan rings is 1. The third kappa shape index (κ3) is 4.04. The molecule has 0 saturated carbocycles. The summed E-state index contributed by atoms with van der Waals surface area (Å²) < 4.78 is 9.09. The number of para-hydroxylation sites is 2. The highest BCUT2D eigenvalue weighted by Crippen LogP contribution is 2.50. The van der Waals surface area contributed by atoms with E-state index in [2.05, 4.69) is 163 Å². The van der Waals surface area contributed by atoms with E-state index in [1.54, 1.807) is 0 Å². The Hall–Kier alpha value is -5.90. The van der Waals surface area contributed by atoms with Crippen LogP contribution in [-0.4, -0.2) is 0 Å². The normalized spacial score (nSPS) is 11.8. The molecule has 0 aliphatic rings. The first-order valence-electron chi connectivity index (χ1n) is 15.9. The Labute approximate surface area is 275 Å². The number of hydrogen-bond acceptors (Lipinski definition) is 3. The summed E-state index contributed by atoms with van der Waals surface area (Å²) in [6, 6.07) is 59.0. The minimum absolute atomic E-state index is 0.910. The van der Waals surface area contributed by atoms with E-state index in [1.807, 2.05) is 17.4 Å². The molecule has 0 amide bonds. The van der Waals surface area contributed by atoms with E-state index in [1.165, 1.54) is 52.8 Å². The molecule has 8 aromatic carbocycles. The number of anilines is 3. The fraction of sp³-hybridized carbons (Fsp3) is 0. The summed E-state index contributed by atoms with van der Waals surface area (Å²) in [4.78, 5) is 2.43. The van der Waals surface area contributed by atoms with Crippen LogP contribution >= 0.6 is 11.3 Å². The summed E-state index contributed by atoms with van der Waals surface area (Å²) in [5.74, 6) is 0. The van der Waals surface area contributed by atoms with E-state index in [9.17, 15) is 0 Å². The summed E-state index contributed by atoms with van der Waals surface area (Å²) >= 11 is 1.83. The summed E-state index contributed by atoms with van der Waals surface area (Å²) in [6.07, 6.45) is 0. The first kappa shape index (κ1) is 26.3. The molecule has 0 aliphatic heterocycles. The van der Waals surface area contributed by atoms with Gasteiger partial charge in [0.15, 0.2) is 0 Å². The minimum atomic E-state index is 0.910. The lowest BCUT2D eigenvalue weighted by Crippen LogP contribution is -2.10. The SMILES string of the molecule is c1ccc(N(c2cccc(-c3c4ccccc4cc4ccccc34)c2)c2cc3c4ccccc4oc3c3c2sc2ccccc23)cc1. The van der Waals surface area contributed by atoms with E-state index in [-0.39, 0.29) is 0 Å². The van der Waals surface area contributed by atoms with Crippen LogP contribution in [0.3, 0.4) is 0 Å². The second-order valence-corrected chi connectivity index (χ2v) is 13.1. The maximum absolute atomic E-state index is 6.63. The van der Waals surface area contributed by atoms with Crippen molar-refractivity contribution in [3.63, 3.8) is 0 Å². The number of nitrogens with zero attached hydrogens (tertiary/aromatic N) is 1. The molecule has 2 nitrogen and oxygen atoms in total. The third-order valence-corrected chi connectivity index (χ3v) is 10.6. The highest BCUT2D eigenvalue weighted by Gasteiger charge is 2.23. The van der Waals surface area contributed by atoms with E-state index in [0.717, 1.165) is 39.0 Å². The first-order valence-corrected chi connectivity index (χ1v) is 16.7. The Balaban J connectivity index is 1.30. The van der Waals surface area contributed by atoms with Crippen LogP contribution in [-0.2, 0) is 0 Å². The Morgan fingerprint density at radius 1 is 0.468 bits per heavy atom. The van der Waals surface area contributed by atoms with E-state index < -0.39 is 0 Å². The molecule has 0 atom stereocenters. The minimum Gasteiger partial charge on any atom is -0.455 e. The lowest BCUT2D eigenvalue weighted by atomic mass is 9.92. The molecule has 0 fully saturated rings. The second kappa shape index (κ2) is 10.3. The highest BCUT2D eigenvalue weighted by atomic mass is 32.1. The van der Waals surface area contributed by atoms with Crippen molar-refractivity contribution in [2.45, 2.75) is 0 Å². The average Bonchev–Trinajstić information content (AvgIpc) is 3.70. The number of fused-ring (bicyclic) bond motifs is 9. The van der Waals surface area contributed by atoms with Crippen molar-refractivity contribution in [3.8, 4) is 11.1 Å². The van der Waals surface area contributed by atoms with Gasteiger partial charge < -0.3 is 9.32 Å².